The molecule has 1 saturated carbocycles. The van der Waals surface area contributed by atoms with Crippen LogP contribution in [0.1, 0.15) is 89.7 Å². The molecule has 0 heterocycles. The molecule has 1 fully saturated rings. The van der Waals surface area contributed by atoms with Crippen molar-refractivity contribution < 1.29 is 8.78 Å². The molecule has 0 aliphatic heterocycles. The molecular weight excluding hydrogens is 386 g/mol. The average molecular weight is 427 g/mol. The van der Waals surface area contributed by atoms with Crippen LogP contribution in [0.4, 0.5) is 8.78 Å². The van der Waals surface area contributed by atoms with Gasteiger partial charge in [-0.3, -0.25) is 0 Å². The van der Waals surface area contributed by atoms with Crippen LogP contribution in [0.2, 0.25) is 0 Å². The molecule has 1 aliphatic rings. The lowest BCUT2D eigenvalue weighted by Crippen LogP contribution is -2.21. The van der Waals surface area contributed by atoms with Crippen LogP contribution >= 0.6 is 0 Å². The predicted octanol–water partition coefficient (Wildman–Crippen LogP) is 9.15. The van der Waals surface area contributed by atoms with Crippen LogP contribution in [-0.2, 0) is 12.8 Å². The molecule has 0 N–H and O–H groups in total. The van der Waals surface area contributed by atoms with Gasteiger partial charge >= 0.3 is 0 Å². The lowest BCUT2D eigenvalue weighted by Gasteiger charge is -2.32. The third-order valence-electron chi connectivity index (χ3n) is 7.42. The van der Waals surface area contributed by atoms with Crippen LogP contribution < -0.4 is 0 Å². The molecule has 1 aliphatic carbocycles. The molecule has 31 heavy (non-hydrogen) atoms. The highest BCUT2D eigenvalue weighted by Gasteiger charge is 2.25. The van der Waals surface area contributed by atoms with E-state index in [0.29, 0.717) is 23.5 Å². The SMILES string of the molecule is CCCCCC1CCC(C(C)Cc2ccc(-c3ccc(CCC)c(F)c3F)cc2)CC1. The van der Waals surface area contributed by atoms with Gasteiger partial charge in [-0.05, 0) is 60.1 Å². The van der Waals surface area contributed by atoms with Crippen molar-refractivity contribution >= 4 is 0 Å². The number of rotatable bonds is 10. The van der Waals surface area contributed by atoms with Crippen LogP contribution in [0, 0.1) is 29.4 Å². The van der Waals surface area contributed by atoms with Gasteiger partial charge in [0.1, 0.15) is 0 Å². The first-order valence-electron chi connectivity index (χ1n) is 12.6. The average Bonchev–Trinajstić information content (AvgIpc) is 2.78. The molecule has 0 saturated heterocycles. The summed E-state index contributed by atoms with van der Waals surface area (Å²) in [5.41, 5.74) is 2.88. The van der Waals surface area contributed by atoms with Gasteiger partial charge in [0.15, 0.2) is 11.6 Å². The number of hydrogen-bond donors (Lipinski definition) is 0. The Balaban J connectivity index is 1.56. The Morgan fingerprint density at radius 3 is 2.19 bits per heavy atom. The zero-order chi connectivity index (χ0) is 22.2. The van der Waals surface area contributed by atoms with Crippen LogP contribution in [0.15, 0.2) is 36.4 Å². The maximum absolute atomic E-state index is 14.6. The van der Waals surface area contributed by atoms with E-state index in [2.05, 4.69) is 26.0 Å². The minimum absolute atomic E-state index is 0.360. The van der Waals surface area contributed by atoms with Crippen molar-refractivity contribution in [1.29, 1.82) is 0 Å². The fourth-order valence-corrected chi connectivity index (χ4v) is 5.36. The molecule has 170 valence electrons. The molecule has 0 bridgehead atoms. The molecule has 0 nitrogen and oxygen atoms in total. The van der Waals surface area contributed by atoms with Crippen LogP contribution in [0.25, 0.3) is 11.1 Å². The second-order valence-corrected chi connectivity index (χ2v) is 9.81. The van der Waals surface area contributed by atoms with E-state index in [-0.39, 0.29) is 0 Å². The Bertz CT molecular complexity index is 800. The molecule has 2 aromatic rings. The highest BCUT2D eigenvalue weighted by Crippen LogP contribution is 2.37. The molecule has 1 atom stereocenters. The van der Waals surface area contributed by atoms with Gasteiger partial charge in [-0.25, -0.2) is 8.78 Å². The zero-order valence-electron chi connectivity index (χ0n) is 19.7. The molecular formula is C29H40F2. The van der Waals surface area contributed by atoms with Crippen LogP contribution in [-0.4, -0.2) is 0 Å². The van der Waals surface area contributed by atoms with E-state index >= 15 is 0 Å². The van der Waals surface area contributed by atoms with Crippen molar-refractivity contribution in [2.45, 2.75) is 91.4 Å². The molecule has 0 spiro atoms. The summed E-state index contributed by atoms with van der Waals surface area (Å²) < 4.78 is 28.9. The van der Waals surface area contributed by atoms with Gasteiger partial charge in [0.25, 0.3) is 0 Å². The minimum Gasteiger partial charge on any atom is -0.203 e. The summed E-state index contributed by atoms with van der Waals surface area (Å²) in [4.78, 5) is 0. The molecule has 0 amide bonds. The molecule has 2 aromatic carbocycles. The number of unbranched alkanes of at least 4 members (excludes halogenated alkanes) is 2. The fourth-order valence-electron chi connectivity index (χ4n) is 5.36. The van der Waals surface area contributed by atoms with Crippen molar-refractivity contribution in [2.75, 3.05) is 0 Å². The Hall–Kier alpha value is -1.70. The summed E-state index contributed by atoms with van der Waals surface area (Å²) in [6.07, 6.45) is 13.5. The highest BCUT2D eigenvalue weighted by molar-refractivity contribution is 5.65. The number of aryl methyl sites for hydroxylation is 1. The second kappa shape index (κ2) is 11.8. The Morgan fingerprint density at radius 2 is 1.55 bits per heavy atom. The monoisotopic (exact) mass is 426 g/mol. The largest absolute Gasteiger partial charge is 0.203 e. The Kier molecular flexibility index (Phi) is 9.11. The first-order chi connectivity index (χ1) is 15.0. The number of hydrogen-bond acceptors (Lipinski definition) is 0. The molecule has 0 aromatic heterocycles. The minimum atomic E-state index is -0.720. The van der Waals surface area contributed by atoms with Crippen LogP contribution in [0.3, 0.4) is 0 Å². The Morgan fingerprint density at radius 1 is 0.839 bits per heavy atom. The summed E-state index contributed by atoms with van der Waals surface area (Å²) in [5.74, 6) is 1.03. The van der Waals surface area contributed by atoms with Crippen LogP contribution in [0.5, 0.6) is 0 Å². The lowest BCUT2D eigenvalue weighted by molar-refractivity contribution is 0.204. The summed E-state index contributed by atoms with van der Waals surface area (Å²) in [6, 6.07) is 11.5. The van der Waals surface area contributed by atoms with E-state index < -0.39 is 11.6 Å². The van der Waals surface area contributed by atoms with Gasteiger partial charge in [-0.1, -0.05) is 102 Å². The van der Waals surface area contributed by atoms with Gasteiger partial charge < -0.3 is 0 Å². The zero-order valence-corrected chi connectivity index (χ0v) is 19.7. The maximum atomic E-state index is 14.6. The third-order valence-corrected chi connectivity index (χ3v) is 7.42. The van der Waals surface area contributed by atoms with Crippen molar-refractivity contribution in [3.63, 3.8) is 0 Å². The van der Waals surface area contributed by atoms with E-state index in [0.717, 1.165) is 30.2 Å². The molecule has 0 radical (unpaired) electrons. The first-order valence-corrected chi connectivity index (χ1v) is 12.6. The normalized spacial score (nSPS) is 20.0. The van der Waals surface area contributed by atoms with Crippen molar-refractivity contribution in [3.05, 3.63) is 59.2 Å². The standard InChI is InChI=1S/C29H40F2/c1-4-6-7-9-22-10-14-24(15-11-22)21(3)20-23-12-16-25(17-13-23)27-19-18-26(8-5-2)28(30)29(27)31/h12-13,16-19,21-22,24H,4-11,14-15,20H2,1-3H3. The Labute approximate surface area is 188 Å². The second-order valence-electron chi connectivity index (χ2n) is 9.81. The van der Waals surface area contributed by atoms with Gasteiger partial charge in [0, 0.05) is 5.56 Å². The fraction of sp³-hybridized carbons (Fsp3) is 0.586. The van der Waals surface area contributed by atoms with Gasteiger partial charge in [-0.15, -0.1) is 0 Å². The first kappa shape index (κ1) is 24.0. The number of halogens is 2. The number of benzene rings is 2. The molecule has 3 rings (SSSR count). The summed E-state index contributed by atoms with van der Waals surface area (Å²) >= 11 is 0. The highest BCUT2D eigenvalue weighted by atomic mass is 19.2. The van der Waals surface area contributed by atoms with E-state index in [1.807, 2.05) is 19.1 Å². The summed E-state index contributed by atoms with van der Waals surface area (Å²) in [5, 5.41) is 0. The third kappa shape index (κ3) is 6.40. The van der Waals surface area contributed by atoms with Gasteiger partial charge in [0.05, 0.1) is 0 Å². The van der Waals surface area contributed by atoms with Gasteiger partial charge in [0.2, 0.25) is 0 Å². The predicted molar refractivity (Wildman–Crippen MR) is 128 cm³/mol. The van der Waals surface area contributed by atoms with Crippen molar-refractivity contribution in [2.24, 2.45) is 17.8 Å². The summed E-state index contributed by atoms with van der Waals surface area (Å²) in [7, 11) is 0. The van der Waals surface area contributed by atoms with E-state index in [4.69, 9.17) is 0 Å². The molecule has 1 unspecified atom stereocenters. The lowest BCUT2D eigenvalue weighted by atomic mass is 9.73. The van der Waals surface area contributed by atoms with E-state index in [9.17, 15) is 8.78 Å². The smallest absolute Gasteiger partial charge is 0.166 e. The van der Waals surface area contributed by atoms with E-state index in [1.54, 1.807) is 12.1 Å². The maximum Gasteiger partial charge on any atom is 0.166 e. The summed E-state index contributed by atoms with van der Waals surface area (Å²) in [6.45, 7) is 6.64. The quantitative estimate of drug-likeness (QED) is 0.332. The van der Waals surface area contributed by atoms with Crippen molar-refractivity contribution in [1.82, 2.24) is 0 Å². The van der Waals surface area contributed by atoms with E-state index in [1.165, 1.54) is 56.9 Å². The van der Waals surface area contributed by atoms with Crippen molar-refractivity contribution in [3.8, 4) is 11.1 Å². The molecule has 2 heteroatoms. The van der Waals surface area contributed by atoms with Gasteiger partial charge in [-0.2, -0.15) is 0 Å². The topological polar surface area (TPSA) is 0 Å².